The number of anilines is 3. The lowest BCUT2D eigenvalue weighted by molar-refractivity contribution is -0.116. The van der Waals surface area contributed by atoms with Gasteiger partial charge in [0.05, 0.1) is 13.2 Å². The zero-order chi connectivity index (χ0) is 26.4. The van der Waals surface area contributed by atoms with Gasteiger partial charge in [0.1, 0.15) is 5.75 Å². The Morgan fingerprint density at radius 2 is 1.21 bits per heavy atom. The van der Waals surface area contributed by atoms with Crippen LogP contribution in [-0.4, -0.2) is 25.0 Å². The van der Waals surface area contributed by atoms with Crippen molar-refractivity contribution in [2.45, 2.75) is 25.7 Å². The summed E-state index contributed by atoms with van der Waals surface area (Å²) in [6.45, 7) is 0.725. The molecule has 4 aromatic rings. The molecule has 4 rings (SSSR count). The Morgan fingerprint density at radius 3 is 1.92 bits per heavy atom. The smallest absolute Gasteiger partial charge is 0.243 e. The molecule has 2 amide bonds. The van der Waals surface area contributed by atoms with Crippen LogP contribution in [0.25, 0.3) is 0 Å². The second kappa shape index (κ2) is 14.2. The number of carbonyl (C=O) groups is 2. The van der Waals surface area contributed by atoms with Crippen LogP contribution in [0.4, 0.5) is 17.1 Å². The van der Waals surface area contributed by atoms with Crippen LogP contribution in [-0.2, 0) is 22.4 Å². The van der Waals surface area contributed by atoms with Crippen molar-refractivity contribution in [2.75, 3.05) is 29.1 Å². The first-order chi connectivity index (χ1) is 18.6. The number of hydrogen-bond acceptors (Lipinski definition) is 4. The van der Waals surface area contributed by atoms with Gasteiger partial charge in [-0.25, -0.2) is 0 Å². The van der Waals surface area contributed by atoms with E-state index >= 15 is 0 Å². The van der Waals surface area contributed by atoms with Crippen molar-refractivity contribution in [1.82, 2.24) is 0 Å². The van der Waals surface area contributed by atoms with Crippen molar-refractivity contribution in [1.29, 1.82) is 0 Å². The van der Waals surface area contributed by atoms with Crippen LogP contribution in [0, 0.1) is 0 Å². The SMILES string of the molecule is O=C(CCc1ccccc1)Nc1cccc(NC(=O)CNc2cccc(OCCCc3ccccc3)c2)c1. The number of amides is 2. The van der Waals surface area contributed by atoms with Gasteiger partial charge in [-0.2, -0.15) is 0 Å². The number of benzene rings is 4. The molecule has 3 N–H and O–H groups in total. The fourth-order valence-electron chi connectivity index (χ4n) is 4.00. The third kappa shape index (κ3) is 9.13. The maximum atomic E-state index is 12.5. The molecular formula is C32H33N3O3. The van der Waals surface area contributed by atoms with Gasteiger partial charge >= 0.3 is 0 Å². The van der Waals surface area contributed by atoms with Crippen LogP contribution in [0.2, 0.25) is 0 Å². The fraction of sp³-hybridized carbons (Fsp3) is 0.188. The standard InChI is InChI=1S/C32H33N3O3/c36-31(20-19-26-12-5-2-6-13-26)34-28-16-7-17-29(22-28)35-32(37)24-33-27-15-8-18-30(23-27)38-21-9-14-25-10-3-1-4-11-25/h1-8,10-13,15-18,22-23,33H,9,14,19-21,24H2,(H,34,36)(H,35,37). The highest BCUT2D eigenvalue weighted by Gasteiger charge is 2.07. The van der Waals surface area contributed by atoms with Crippen LogP contribution in [0.5, 0.6) is 5.75 Å². The van der Waals surface area contributed by atoms with Crippen molar-refractivity contribution in [3.8, 4) is 5.75 Å². The van der Waals surface area contributed by atoms with Gasteiger partial charge in [0.2, 0.25) is 11.8 Å². The van der Waals surface area contributed by atoms with E-state index in [1.165, 1.54) is 5.56 Å². The minimum Gasteiger partial charge on any atom is -0.494 e. The number of nitrogens with one attached hydrogen (secondary N) is 3. The summed E-state index contributed by atoms with van der Waals surface area (Å²) in [4.78, 5) is 24.9. The predicted molar refractivity (Wildman–Crippen MR) is 154 cm³/mol. The third-order valence-corrected chi connectivity index (χ3v) is 5.92. The summed E-state index contributed by atoms with van der Waals surface area (Å²) in [5.41, 5.74) is 4.49. The van der Waals surface area contributed by atoms with E-state index in [2.05, 4.69) is 28.1 Å². The van der Waals surface area contributed by atoms with Crippen LogP contribution in [0.3, 0.4) is 0 Å². The Kier molecular flexibility index (Phi) is 9.92. The zero-order valence-electron chi connectivity index (χ0n) is 21.4. The lowest BCUT2D eigenvalue weighted by Gasteiger charge is -2.11. The number of carbonyl (C=O) groups excluding carboxylic acids is 2. The van der Waals surface area contributed by atoms with Gasteiger partial charge < -0.3 is 20.7 Å². The molecule has 0 aliphatic carbocycles. The predicted octanol–water partition coefficient (Wildman–Crippen LogP) is 6.32. The van der Waals surface area contributed by atoms with Gasteiger partial charge in [0.15, 0.2) is 0 Å². The summed E-state index contributed by atoms with van der Waals surface area (Å²) >= 11 is 0. The highest BCUT2D eigenvalue weighted by molar-refractivity contribution is 5.95. The molecule has 0 radical (unpaired) electrons. The van der Waals surface area contributed by atoms with E-state index in [4.69, 9.17) is 4.74 Å². The monoisotopic (exact) mass is 507 g/mol. The molecule has 0 heterocycles. The molecule has 0 atom stereocenters. The molecule has 6 nitrogen and oxygen atoms in total. The first kappa shape index (κ1) is 26.5. The summed E-state index contributed by atoms with van der Waals surface area (Å²) in [6.07, 6.45) is 2.96. The summed E-state index contributed by atoms with van der Waals surface area (Å²) < 4.78 is 5.88. The van der Waals surface area contributed by atoms with Gasteiger partial charge in [-0.1, -0.05) is 72.8 Å². The van der Waals surface area contributed by atoms with Crippen LogP contribution in [0.15, 0.2) is 109 Å². The lowest BCUT2D eigenvalue weighted by Crippen LogP contribution is -2.22. The largest absolute Gasteiger partial charge is 0.494 e. The number of aryl methyl sites for hydroxylation is 2. The molecule has 4 aromatic carbocycles. The van der Waals surface area contributed by atoms with E-state index in [0.29, 0.717) is 30.8 Å². The number of ether oxygens (including phenoxy) is 1. The first-order valence-corrected chi connectivity index (χ1v) is 12.9. The van der Waals surface area contributed by atoms with Crippen LogP contribution in [0.1, 0.15) is 24.0 Å². The van der Waals surface area contributed by atoms with E-state index in [-0.39, 0.29) is 18.4 Å². The van der Waals surface area contributed by atoms with Gasteiger partial charge in [-0.3, -0.25) is 9.59 Å². The normalized spacial score (nSPS) is 10.4. The maximum Gasteiger partial charge on any atom is 0.243 e. The van der Waals surface area contributed by atoms with E-state index in [1.807, 2.05) is 72.8 Å². The Bertz CT molecular complexity index is 1310. The van der Waals surface area contributed by atoms with E-state index in [9.17, 15) is 9.59 Å². The third-order valence-electron chi connectivity index (χ3n) is 5.92. The Labute approximate surface area is 224 Å². The first-order valence-electron chi connectivity index (χ1n) is 12.9. The quantitative estimate of drug-likeness (QED) is 0.185. The molecule has 0 aliphatic rings. The topological polar surface area (TPSA) is 79.5 Å². The fourth-order valence-corrected chi connectivity index (χ4v) is 4.00. The lowest BCUT2D eigenvalue weighted by atomic mass is 10.1. The number of rotatable bonds is 13. The molecule has 0 unspecified atom stereocenters. The van der Waals surface area contributed by atoms with Gasteiger partial charge in [-0.05, 0) is 60.7 Å². The highest BCUT2D eigenvalue weighted by atomic mass is 16.5. The molecule has 6 heteroatoms. The highest BCUT2D eigenvalue weighted by Crippen LogP contribution is 2.19. The molecule has 0 bridgehead atoms. The molecule has 0 aliphatic heterocycles. The van der Waals surface area contributed by atoms with E-state index in [1.54, 1.807) is 24.3 Å². The average molecular weight is 508 g/mol. The average Bonchev–Trinajstić information content (AvgIpc) is 2.95. The van der Waals surface area contributed by atoms with Gasteiger partial charge in [-0.15, -0.1) is 0 Å². The summed E-state index contributed by atoms with van der Waals surface area (Å²) in [5.74, 6) is 0.507. The summed E-state index contributed by atoms with van der Waals surface area (Å²) in [7, 11) is 0. The van der Waals surface area contributed by atoms with Gasteiger partial charge in [0.25, 0.3) is 0 Å². The zero-order valence-corrected chi connectivity index (χ0v) is 21.4. The van der Waals surface area contributed by atoms with Crippen LogP contribution >= 0.6 is 0 Å². The Balaban J connectivity index is 1.18. The molecule has 0 aromatic heterocycles. The van der Waals surface area contributed by atoms with Gasteiger partial charge in [0, 0.05) is 29.5 Å². The minimum atomic E-state index is -0.188. The van der Waals surface area contributed by atoms with E-state index < -0.39 is 0 Å². The second-order valence-electron chi connectivity index (χ2n) is 8.98. The molecule has 38 heavy (non-hydrogen) atoms. The van der Waals surface area contributed by atoms with Crippen molar-refractivity contribution in [2.24, 2.45) is 0 Å². The molecule has 0 saturated carbocycles. The van der Waals surface area contributed by atoms with Crippen LogP contribution < -0.4 is 20.7 Å². The molecule has 0 spiro atoms. The summed E-state index contributed by atoms with van der Waals surface area (Å²) in [6, 6.07) is 35.0. The summed E-state index contributed by atoms with van der Waals surface area (Å²) in [5, 5.41) is 8.91. The van der Waals surface area contributed by atoms with Crippen molar-refractivity contribution < 1.29 is 14.3 Å². The van der Waals surface area contributed by atoms with E-state index in [0.717, 1.165) is 29.8 Å². The molecule has 194 valence electrons. The van der Waals surface area contributed by atoms with Crippen molar-refractivity contribution in [3.63, 3.8) is 0 Å². The van der Waals surface area contributed by atoms with Crippen molar-refractivity contribution >= 4 is 28.9 Å². The second-order valence-corrected chi connectivity index (χ2v) is 8.98. The molecular weight excluding hydrogens is 474 g/mol. The Hall–Kier alpha value is -4.58. The number of hydrogen-bond donors (Lipinski definition) is 3. The maximum absolute atomic E-state index is 12.5. The molecule has 0 saturated heterocycles. The molecule has 0 fully saturated rings. The van der Waals surface area contributed by atoms with Crippen molar-refractivity contribution in [3.05, 3.63) is 120 Å². The minimum absolute atomic E-state index is 0.0684. The Morgan fingerprint density at radius 1 is 0.605 bits per heavy atom.